The Morgan fingerprint density at radius 2 is 1.72 bits per heavy atom. The Bertz CT molecular complexity index is 826. The summed E-state index contributed by atoms with van der Waals surface area (Å²) in [6.07, 6.45) is -2.23. The van der Waals surface area contributed by atoms with E-state index in [0.717, 1.165) is 12.3 Å². The normalized spacial score (nSPS) is 15.1. The zero-order valence-electron chi connectivity index (χ0n) is 16.1. The number of piperidine rings is 1. The molecule has 2 heterocycles. The number of rotatable bonds is 5. The highest BCUT2D eigenvalue weighted by Gasteiger charge is 2.31. The van der Waals surface area contributed by atoms with Gasteiger partial charge in [-0.05, 0) is 37.1 Å². The maximum atomic E-state index is 12.7. The lowest BCUT2D eigenvalue weighted by Crippen LogP contribution is -2.45. The maximum absolute atomic E-state index is 12.7. The van der Waals surface area contributed by atoms with Crippen molar-refractivity contribution in [2.45, 2.75) is 25.1 Å². The second kappa shape index (κ2) is 8.59. The van der Waals surface area contributed by atoms with E-state index in [0.29, 0.717) is 48.8 Å². The molecule has 0 atom stereocenters. The third-order valence-corrected chi connectivity index (χ3v) is 4.84. The Morgan fingerprint density at radius 1 is 1.10 bits per heavy atom. The number of methoxy groups -OCH3 is 2. The predicted octanol–water partition coefficient (Wildman–Crippen LogP) is 3.52. The van der Waals surface area contributed by atoms with Crippen molar-refractivity contribution in [2.75, 3.05) is 32.2 Å². The van der Waals surface area contributed by atoms with Crippen LogP contribution in [0.2, 0.25) is 0 Å². The third-order valence-electron chi connectivity index (χ3n) is 4.84. The number of alkyl halides is 3. The number of amides is 1. The molecule has 1 aliphatic heterocycles. The van der Waals surface area contributed by atoms with Crippen LogP contribution in [0.3, 0.4) is 0 Å². The highest BCUT2D eigenvalue weighted by molar-refractivity contribution is 5.95. The van der Waals surface area contributed by atoms with Crippen molar-refractivity contribution >= 4 is 11.7 Å². The van der Waals surface area contributed by atoms with Gasteiger partial charge < -0.3 is 19.7 Å². The molecule has 0 spiro atoms. The van der Waals surface area contributed by atoms with Gasteiger partial charge in [0.2, 0.25) is 0 Å². The van der Waals surface area contributed by atoms with Crippen LogP contribution in [0.1, 0.15) is 28.8 Å². The summed E-state index contributed by atoms with van der Waals surface area (Å²) in [5.41, 5.74) is -0.329. The number of halogens is 3. The number of nitrogens with zero attached hydrogens (tertiary/aromatic N) is 2. The zero-order valence-corrected chi connectivity index (χ0v) is 16.1. The first-order chi connectivity index (χ1) is 13.8. The Labute approximate surface area is 166 Å². The number of hydrogen-bond acceptors (Lipinski definition) is 5. The van der Waals surface area contributed by atoms with E-state index in [2.05, 4.69) is 10.3 Å². The van der Waals surface area contributed by atoms with Crippen LogP contribution in [-0.4, -0.2) is 44.2 Å². The fourth-order valence-corrected chi connectivity index (χ4v) is 3.20. The first-order valence-electron chi connectivity index (χ1n) is 9.12. The van der Waals surface area contributed by atoms with Gasteiger partial charge in [0.25, 0.3) is 5.91 Å². The number of anilines is 1. The lowest BCUT2D eigenvalue weighted by Gasteiger charge is -2.33. The number of aromatic nitrogens is 1. The molecule has 156 valence electrons. The topological polar surface area (TPSA) is 63.7 Å². The van der Waals surface area contributed by atoms with Crippen molar-refractivity contribution in [2.24, 2.45) is 0 Å². The summed E-state index contributed by atoms with van der Waals surface area (Å²) in [6, 6.07) is 7.34. The molecule has 0 aliphatic carbocycles. The molecular weight excluding hydrogens is 387 g/mol. The fraction of sp³-hybridized carbons (Fsp3) is 0.400. The number of carbonyl (C=O) groups is 1. The molecule has 1 amide bonds. The SMILES string of the molecule is COc1cc(OC)cc(C(=O)NC2CCN(c3ccc(C(F)(F)F)cn3)CC2)c1. The van der Waals surface area contributed by atoms with E-state index < -0.39 is 11.7 Å². The molecule has 1 fully saturated rings. The molecule has 1 aromatic heterocycles. The predicted molar refractivity (Wildman–Crippen MR) is 101 cm³/mol. The Balaban J connectivity index is 1.58. The molecule has 1 aromatic carbocycles. The van der Waals surface area contributed by atoms with E-state index in [4.69, 9.17) is 9.47 Å². The third kappa shape index (κ3) is 5.10. The highest BCUT2D eigenvalue weighted by atomic mass is 19.4. The monoisotopic (exact) mass is 409 g/mol. The van der Waals surface area contributed by atoms with Gasteiger partial charge in [0.05, 0.1) is 19.8 Å². The van der Waals surface area contributed by atoms with E-state index in [1.54, 1.807) is 18.2 Å². The van der Waals surface area contributed by atoms with Crippen molar-refractivity contribution in [3.63, 3.8) is 0 Å². The van der Waals surface area contributed by atoms with Crippen LogP contribution in [0.4, 0.5) is 19.0 Å². The van der Waals surface area contributed by atoms with Crippen LogP contribution in [0.15, 0.2) is 36.5 Å². The minimum Gasteiger partial charge on any atom is -0.497 e. The van der Waals surface area contributed by atoms with Gasteiger partial charge in [0.15, 0.2) is 0 Å². The molecule has 1 N–H and O–H groups in total. The summed E-state index contributed by atoms with van der Waals surface area (Å²) in [6.45, 7) is 1.18. The van der Waals surface area contributed by atoms with E-state index in [1.807, 2.05) is 4.90 Å². The average Bonchev–Trinajstić information content (AvgIpc) is 2.73. The molecule has 0 bridgehead atoms. The van der Waals surface area contributed by atoms with Crippen LogP contribution in [0, 0.1) is 0 Å². The van der Waals surface area contributed by atoms with E-state index in [1.165, 1.54) is 20.3 Å². The molecule has 0 unspecified atom stereocenters. The molecule has 2 aromatic rings. The summed E-state index contributed by atoms with van der Waals surface area (Å²) in [5, 5.41) is 2.99. The van der Waals surface area contributed by atoms with Gasteiger partial charge in [-0.2, -0.15) is 13.2 Å². The Morgan fingerprint density at radius 3 is 2.21 bits per heavy atom. The smallest absolute Gasteiger partial charge is 0.417 e. The summed E-state index contributed by atoms with van der Waals surface area (Å²) < 4.78 is 48.4. The van der Waals surface area contributed by atoms with Gasteiger partial charge in [-0.15, -0.1) is 0 Å². The zero-order chi connectivity index (χ0) is 21.0. The first-order valence-corrected chi connectivity index (χ1v) is 9.12. The van der Waals surface area contributed by atoms with Crippen molar-refractivity contribution in [3.05, 3.63) is 47.7 Å². The summed E-state index contributed by atoms with van der Waals surface area (Å²) in [7, 11) is 3.03. The molecule has 0 radical (unpaired) electrons. The Kier molecular flexibility index (Phi) is 6.14. The minimum absolute atomic E-state index is 0.0367. The van der Waals surface area contributed by atoms with Crippen LogP contribution < -0.4 is 19.7 Å². The average molecular weight is 409 g/mol. The van der Waals surface area contributed by atoms with Crippen LogP contribution in [-0.2, 0) is 6.18 Å². The molecular formula is C20H22F3N3O3. The number of hydrogen-bond donors (Lipinski definition) is 1. The summed E-state index contributed by atoms with van der Waals surface area (Å²) in [4.78, 5) is 18.4. The second-order valence-corrected chi connectivity index (χ2v) is 6.74. The largest absolute Gasteiger partial charge is 0.497 e. The van der Waals surface area contributed by atoms with Crippen LogP contribution >= 0.6 is 0 Å². The number of pyridine rings is 1. The second-order valence-electron chi connectivity index (χ2n) is 6.74. The molecule has 6 nitrogen and oxygen atoms in total. The van der Waals surface area contributed by atoms with E-state index in [-0.39, 0.29) is 11.9 Å². The molecule has 1 aliphatic rings. The number of benzene rings is 1. The van der Waals surface area contributed by atoms with E-state index >= 15 is 0 Å². The lowest BCUT2D eigenvalue weighted by atomic mass is 10.0. The van der Waals surface area contributed by atoms with Crippen molar-refractivity contribution in [1.82, 2.24) is 10.3 Å². The summed E-state index contributed by atoms with van der Waals surface area (Å²) >= 11 is 0. The van der Waals surface area contributed by atoms with Crippen molar-refractivity contribution < 1.29 is 27.4 Å². The lowest BCUT2D eigenvalue weighted by molar-refractivity contribution is -0.137. The van der Waals surface area contributed by atoms with Crippen LogP contribution in [0.5, 0.6) is 11.5 Å². The molecule has 9 heteroatoms. The molecule has 3 rings (SSSR count). The van der Waals surface area contributed by atoms with Gasteiger partial charge >= 0.3 is 6.18 Å². The van der Waals surface area contributed by atoms with Gasteiger partial charge in [-0.25, -0.2) is 4.98 Å². The van der Waals surface area contributed by atoms with Crippen molar-refractivity contribution in [1.29, 1.82) is 0 Å². The molecule has 29 heavy (non-hydrogen) atoms. The number of ether oxygens (including phenoxy) is 2. The van der Waals surface area contributed by atoms with Gasteiger partial charge in [0.1, 0.15) is 17.3 Å². The molecule has 0 saturated carbocycles. The summed E-state index contributed by atoms with van der Waals surface area (Å²) in [5.74, 6) is 1.32. The van der Waals surface area contributed by atoms with Gasteiger partial charge in [0, 0.05) is 37.0 Å². The van der Waals surface area contributed by atoms with Crippen molar-refractivity contribution in [3.8, 4) is 11.5 Å². The maximum Gasteiger partial charge on any atom is 0.417 e. The Hall–Kier alpha value is -2.97. The standard InChI is InChI=1S/C20H22F3N3O3/c1-28-16-9-13(10-17(11-16)29-2)19(27)25-15-5-7-26(8-6-15)18-4-3-14(12-24-18)20(21,22)23/h3-4,9-12,15H,5-8H2,1-2H3,(H,25,27). The van der Waals surface area contributed by atoms with Crippen LogP contribution in [0.25, 0.3) is 0 Å². The number of nitrogens with one attached hydrogen (secondary N) is 1. The number of carbonyl (C=O) groups excluding carboxylic acids is 1. The molecule has 1 saturated heterocycles. The quantitative estimate of drug-likeness (QED) is 0.819. The van der Waals surface area contributed by atoms with E-state index in [9.17, 15) is 18.0 Å². The first kappa shape index (κ1) is 20.8. The highest BCUT2D eigenvalue weighted by Crippen LogP contribution is 2.30. The minimum atomic E-state index is -4.40. The fourth-order valence-electron chi connectivity index (χ4n) is 3.20. The van der Waals surface area contributed by atoms with Gasteiger partial charge in [-0.1, -0.05) is 0 Å². The van der Waals surface area contributed by atoms with Gasteiger partial charge in [-0.3, -0.25) is 4.79 Å².